The summed E-state index contributed by atoms with van der Waals surface area (Å²) in [5, 5.41) is 9.64. The second kappa shape index (κ2) is 5.23. The molecule has 3 unspecified atom stereocenters. The third-order valence-corrected chi connectivity index (χ3v) is 9.09. The summed E-state index contributed by atoms with van der Waals surface area (Å²) in [6, 6.07) is 3.06. The molecular weight excluding hydrogens is 296 g/mol. The van der Waals surface area contributed by atoms with Crippen LogP contribution in [0.5, 0.6) is 0 Å². The zero-order chi connectivity index (χ0) is 17.3. The molecule has 3 saturated carbocycles. The second-order valence-corrected chi connectivity index (χ2v) is 9.83. The van der Waals surface area contributed by atoms with Gasteiger partial charge >= 0.3 is 0 Å². The fourth-order valence-electron chi connectivity index (χ4n) is 7.67. The molecule has 3 heteroatoms. The van der Waals surface area contributed by atoms with Crippen LogP contribution in [0.4, 0.5) is 0 Å². The second-order valence-electron chi connectivity index (χ2n) is 9.83. The van der Waals surface area contributed by atoms with E-state index in [1.807, 2.05) is 7.05 Å². The molecule has 0 bridgehead atoms. The first-order valence-corrected chi connectivity index (χ1v) is 9.98. The van der Waals surface area contributed by atoms with Gasteiger partial charge in [-0.05, 0) is 73.0 Å². The molecule has 8 atom stereocenters. The van der Waals surface area contributed by atoms with Crippen molar-refractivity contribution in [3.05, 3.63) is 0 Å². The Morgan fingerprint density at radius 3 is 2.54 bits per heavy atom. The van der Waals surface area contributed by atoms with Gasteiger partial charge in [0.25, 0.3) is 0 Å². The Morgan fingerprint density at radius 1 is 1.12 bits per heavy atom. The van der Waals surface area contributed by atoms with Crippen molar-refractivity contribution < 1.29 is 4.79 Å². The van der Waals surface area contributed by atoms with Crippen molar-refractivity contribution in [2.24, 2.45) is 40.4 Å². The average Bonchev–Trinajstić information content (AvgIpc) is 2.90. The molecule has 1 saturated heterocycles. The first-order chi connectivity index (χ1) is 11.3. The highest BCUT2D eigenvalue weighted by Crippen LogP contribution is 2.67. The predicted molar refractivity (Wildman–Crippen MR) is 93.8 cm³/mol. The Labute approximate surface area is 146 Å². The summed E-state index contributed by atoms with van der Waals surface area (Å²) in [6.07, 6.45) is 7.77. The van der Waals surface area contributed by atoms with Crippen molar-refractivity contribution >= 4 is 5.91 Å². The zero-order valence-corrected chi connectivity index (χ0v) is 15.7. The van der Waals surface area contributed by atoms with Crippen LogP contribution in [0.15, 0.2) is 0 Å². The third kappa shape index (κ3) is 1.92. The lowest BCUT2D eigenvalue weighted by molar-refractivity contribution is -0.165. The lowest BCUT2D eigenvalue weighted by Crippen LogP contribution is -2.63. The van der Waals surface area contributed by atoms with E-state index >= 15 is 0 Å². The van der Waals surface area contributed by atoms with E-state index in [1.54, 1.807) is 0 Å². The van der Waals surface area contributed by atoms with E-state index in [0.717, 1.165) is 43.4 Å². The fourth-order valence-corrected chi connectivity index (χ4v) is 7.67. The lowest BCUT2D eigenvalue weighted by atomic mass is 9.45. The molecule has 24 heavy (non-hydrogen) atoms. The number of nitriles is 1. The number of hydrogen-bond donors (Lipinski definition) is 0. The van der Waals surface area contributed by atoms with Gasteiger partial charge in [-0.2, -0.15) is 5.26 Å². The highest BCUT2D eigenvalue weighted by molar-refractivity contribution is 5.77. The van der Waals surface area contributed by atoms with Gasteiger partial charge in [0.05, 0.1) is 12.0 Å². The van der Waals surface area contributed by atoms with Crippen molar-refractivity contribution in [1.82, 2.24) is 4.90 Å². The molecule has 0 aromatic carbocycles. The molecular formula is C21H32N2O. The molecule has 0 radical (unpaired) electrons. The summed E-state index contributed by atoms with van der Waals surface area (Å²) in [7, 11) is 2.03. The average molecular weight is 329 g/mol. The number of fused-ring (bicyclic) bond motifs is 5. The van der Waals surface area contributed by atoms with Gasteiger partial charge in [-0.3, -0.25) is 4.79 Å². The Hall–Kier alpha value is -1.04. The number of piperidine rings is 1. The topological polar surface area (TPSA) is 44.1 Å². The summed E-state index contributed by atoms with van der Waals surface area (Å²) in [5.74, 6) is 3.48. The minimum absolute atomic E-state index is 0.240. The fraction of sp³-hybridized carbons (Fsp3) is 0.905. The van der Waals surface area contributed by atoms with E-state index in [9.17, 15) is 10.1 Å². The maximum Gasteiger partial charge on any atom is 0.222 e. The van der Waals surface area contributed by atoms with Gasteiger partial charge in [0.15, 0.2) is 0 Å². The molecule has 4 aliphatic rings. The maximum atomic E-state index is 12.3. The lowest BCUT2D eigenvalue weighted by Gasteiger charge is -2.63. The molecule has 1 heterocycles. The Kier molecular flexibility index (Phi) is 3.58. The maximum absolute atomic E-state index is 12.3. The molecule has 4 rings (SSSR count). The van der Waals surface area contributed by atoms with E-state index in [1.165, 1.54) is 19.3 Å². The summed E-state index contributed by atoms with van der Waals surface area (Å²) in [6.45, 7) is 7.31. The zero-order valence-electron chi connectivity index (χ0n) is 15.7. The monoisotopic (exact) mass is 328 g/mol. The number of nitrogens with zero attached hydrogens (tertiary/aromatic N) is 2. The number of likely N-dealkylation sites (tertiary alicyclic amines) is 1. The molecule has 3 aliphatic carbocycles. The number of carbonyl (C=O) groups excluding carboxylic acids is 1. The minimum Gasteiger partial charge on any atom is -0.342 e. The Morgan fingerprint density at radius 2 is 1.83 bits per heavy atom. The van der Waals surface area contributed by atoms with Crippen LogP contribution in [-0.2, 0) is 4.79 Å². The normalized spacial score (nSPS) is 53.8. The van der Waals surface area contributed by atoms with Gasteiger partial charge in [-0.25, -0.2) is 0 Å². The van der Waals surface area contributed by atoms with E-state index in [-0.39, 0.29) is 16.7 Å². The third-order valence-electron chi connectivity index (χ3n) is 9.09. The summed E-state index contributed by atoms with van der Waals surface area (Å²) >= 11 is 0. The highest BCUT2D eigenvalue weighted by Gasteiger charge is 2.62. The standard InChI is InChI=1S/C21H32N2O/c1-13-11-17-21(3,10-8-18(24)23(17)4)16-7-9-20(2)14(12-22)5-6-15(20)19(13)16/h13-17,19H,5-11H2,1-4H3/t13?,14?,15-,16+,17?,19-,20+,21+/m0/s1. The first kappa shape index (κ1) is 16.4. The Balaban J connectivity index is 1.70. The Bertz CT molecular complexity index is 595. The van der Waals surface area contributed by atoms with Gasteiger partial charge < -0.3 is 4.90 Å². The van der Waals surface area contributed by atoms with Crippen LogP contribution < -0.4 is 0 Å². The van der Waals surface area contributed by atoms with E-state index < -0.39 is 0 Å². The van der Waals surface area contributed by atoms with E-state index in [2.05, 4.69) is 31.7 Å². The summed E-state index contributed by atoms with van der Waals surface area (Å²) in [4.78, 5) is 14.3. The van der Waals surface area contributed by atoms with E-state index in [4.69, 9.17) is 0 Å². The molecule has 4 fully saturated rings. The largest absolute Gasteiger partial charge is 0.342 e. The molecule has 0 aromatic heterocycles. The van der Waals surface area contributed by atoms with Crippen LogP contribution in [-0.4, -0.2) is 23.9 Å². The first-order valence-electron chi connectivity index (χ1n) is 9.98. The smallest absolute Gasteiger partial charge is 0.222 e. The summed E-state index contributed by atoms with van der Waals surface area (Å²) < 4.78 is 0. The molecule has 132 valence electrons. The number of amides is 1. The van der Waals surface area contributed by atoms with Crippen LogP contribution in [0, 0.1) is 51.8 Å². The molecule has 0 aromatic rings. The molecule has 0 N–H and O–H groups in total. The summed E-state index contributed by atoms with van der Waals surface area (Å²) in [5.41, 5.74) is 0.523. The van der Waals surface area contributed by atoms with Crippen LogP contribution in [0.25, 0.3) is 0 Å². The van der Waals surface area contributed by atoms with Gasteiger partial charge in [0, 0.05) is 19.5 Å². The van der Waals surface area contributed by atoms with Gasteiger partial charge in [0.1, 0.15) is 0 Å². The molecule has 1 aliphatic heterocycles. The van der Waals surface area contributed by atoms with Crippen LogP contribution in [0.3, 0.4) is 0 Å². The van der Waals surface area contributed by atoms with Crippen molar-refractivity contribution in [1.29, 1.82) is 5.26 Å². The van der Waals surface area contributed by atoms with Gasteiger partial charge in [-0.1, -0.05) is 20.8 Å². The predicted octanol–water partition coefficient (Wildman–Crippen LogP) is 4.24. The molecule has 3 nitrogen and oxygen atoms in total. The number of hydrogen-bond acceptors (Lipinski definition) is 2. The van der Waals surface area contributed by atoms with Crippen LogP contribution in [0.1, 0.15) is 65.7 Å². The van der Waals surface area contributed by atoms with Gasteiger partial charge in [0.2, 0.25) is 5.91 Å². The van der Waals surface area contributed by atoms with Gasteiger partial charge in [-0.15, -0.1) is 0 Å². The quantitative estimate of drug-likeness (QED) is 0.668. The number of carbonyl (C=O) groups is 1. The van der Waals surface area contributed by atoms with Crippen LogP contribution >= 0.6 is 0 Å². The van der Waals surface area contributed by atoms with Crippen LogP contribution in [0.2, 0.25) is 0 Å². The SMILES string of the molecule is CC1CC2N(C)C(=O)CC[C@]2(C)[C@@H]2CC[C@]3(C)C(C#N)CC[C@H]3[C@H]12. The van der Waals surface area contributed by atoms with Crippen molar-refractivity contribution in [2.45, 2.75) is 71.8 Å². The highest BCUT2D eigenvalue weighted by atomic mass is 16.2. The molecule has 0 spiro atoms. The van der Waals surface area contributed by atoms with Crippen molar-refractivity contribution in [3.8, 4) is 6.07 Å². The van der Waals surface area contributed by atoms with Crippen molar-refractivity contribution in [2.75, 3.05) is 7.05 Å². The number of rotatable bonds is 0. The molecule has 1 amide bonds. The van der Waals surface area contributed by atoms with Crippen molar-refractivity contribution in [3.63, 3.8) is 0 Å². The minimum atomic E-state index is 0.240. The van der Waals surface area contributed by atoms with E-state index in [0.29, 0.717) is 17.9 Å².